The van der Waals surface area contributed by atoms with Crippen molar-refractivity contribution in [3.63, 3.8) is 0 Å². The number of hydrogen-bond acceptors (Lipinski definition) is 0. The molecule has 0 bridgehead atoms. The summed E-state index contributed by atoms with van der Waals surface area (Å²) in [5.41, 5.74) is 6.06. The van der Waals surface area contributed by atoms with Crippen molar-refractivity contribution in [2.75, 3.05) is 0 Å². The van der Waals surface area contributed by atoms with E-state index < -0.39 is 0 Å². The van der Waals surface area contributed by atoms with Gasteiger partial charge in [-0.3, -0.25) is 0 Å². The zero-order valence-electron chi connectivity index (χ0n) is 11.9. The molecule has 0 aliphatic heterocycles. The number of benzene rings is 2. The monoisotopic (exact) mass is 261 g/mol. The first-order valence-corrected chi connectivity index (χ1v) is 8.03. The van der Waals surface area contributed by atoms with Crippen LogP contribution in [0.15, 0.2) is 42.5 Å². The average Bonchev–Trinajstić information content (AvgIpc) is 2.36. The molecule has 2 aromatic rings. The molecule has 2 aromatic carbocycles. The van der Waals surface area contributed by atoms with Gasteiger partial charge in [0, 0.05) is 0 Å². The Hall–Kier alpha value is -1.56. The first kappa shape index (κ1) is 12.2. The zero-order valence-corrected chi connectivity index (χ0v) is 11.9. The summed E-state index contributed by atoms with van der Waals surface area (Å²) in [5, 5.41) is 0. The van der Waals surface area contributed by atoms with Gasteiger partial charge in [0.15, 0.2) is 0 Å². The summed E-state index contributed by atoms with van der Waals surface area (Å²) in [5.74, 6) is 1.57. The van der Waals surface area contributed by atoms with Crippen molar-refractivity contribution in [2.45, 2.75) is 50.4 Å². The molecule has 0 atom stereocenters. The quantitative estimate of drug-likeness (QED) is 0.666. The highest BCUT2D eigenvalue weighted by Gasteiger charge is 2.26. The SMILES string of the molecule is [c]1ccc(-c2ccccc2C2CCC2)c(C2CCC2)c1. The predicted molar refractivity (Wildman–Crippen MR) is 83.9 cm³/mol. The summed E-state index contributed by atoms with van der Waals surface area (Å²) < 4.78 is 0. The molecular weight excluding hydrogens is 240 g/mol. The van der Waals surface area contributed by atoms with E-state index in [0.29, 0.717) is 0 Å². The van der Waals surface area contributed by atoms with Crippen LogP contribution in [0.2, 0.25) is 0 Å². The molecule has 2 aliphatic carbocycles. The van der Waals surface area contributed by atoms with Gasteiger partial charge in [-0.25, -0.2) is 0 Å². The van der Waals surface area contributed by atoms with Crippen molar-refractivity contribution in [3.8, 4) is 11.1 Å². The lowest BCUT2D eigenvalue weighted by Gasteiger charge is -2.31. The Kier molecular flexibility index (Phi) is 3.10. The Morgan fingerprint density at radius 1 is 0.750 bits per heavy atom. The smallest absolute Gasteiger partial charge is 0.0146 e. The highest BCUT2D eigenvalue weighted by molar-refractivity contribution is 5.72. The highest BCUT2D eigenvalue weighted by atomic mass is 14.3. The minimum Gasteiger partial charge on any atom is -0.0619 e. The largest absolute Gasteiger partial charge is 0.0619 e. The van der Waals surface area contributed by atoms with Crippen LogP contribution < -0.4 is 0 Å². The number of hydrogen-bond donors (Lipinski definition) is 0. The molecule has 0 heterocycles. The normalized spacial score (nSPS) is 19.4. The van der Waals surface area contributed by atoms with Gasteiger partial charge in [0.1, 0.15) is 0 Å². The van der Waals surface area contributed by atoms with Gasteiger partial charge in [-0.2, -0.15) is 0 Å². The van der Waals surface area contributed by atoms with Crippen molar-refractivity contribution >= 4 is 0 Å². The third kappa shape index (κ3) is 1.98. The fourth-order valence-electron chi connectivity index (χ4n) is 3.56. The summed E-state index contributed by atoms with van der Waals surface area (Å²) in [6.07, 6.45) is 8.25. The summed E-state index contributed by atoms with van der Waals surface area (Å²) >= 11 is 0. The molecule has 0 N–H and O–H groups in total. The van der Waals surface area contributed by atoms with E-state index in [4.69, 9.17) is 0 Å². The predicted octanol–water partition coefficient (Wildman–Crippen LogP) is 5.69. The molecule has 101 valence electrons. The lowest BCUT2D eigenvalue weighted by atomic mass is 9.74. The van der Waals surface area contributed by atoms with E-state index in [0.717, 1.165) is 11.8 Å². The standard InChI is InChI=1S/C20H21/c1-3-13-19(17(11-1)15-7-5-8-15)20-14-4-2-12-18(20)16-9-6-10-16/h1,3-4,11-16H,5-10H2. The highest BCUT2D eigenvalue weighted by Crippen LogP contribution is 2.45. The fourth-order valence-corrected chi connectivity index (χ4v) is 3.56. The van der Waals surface area contributed by atoms with Crippen molar-refractivity contribution < 1.29 is 0 Å². The molecule has 1 radical (unpaired) electrons. The molecule has 2 saturated carbocycles. The molecule has 0 aromatic heterocycles. The first-order chi connectivity index (χ1) is 9.93. The van der Waals surface area contributed by atoms with E-state index in [9.17, 15) is 0 Å². The Morgan fingerprint density at radius 3 is 2.10 bits per heavy atom. The molecule has 0 spiro atoms. The third-order valence-corrected chi connectivity index (χ3v) is 5.24. The second kappa shape index (κ2) is 5.09. The molecule has 4 rings (SSSR count). The average molecular weight is 261 g/mol. The summed E-state index contributed by atoms with van der Waals surface area (Å²) in [6, 6.07) is 19.0. The zero-order chi connectivity index (χ0) is 13.4. The van der Waals surface area contributed by atoms with Crippen LogP contribution >= 0.6 is 0 Å². The fraction of sp³-hybridized carbons (Fsp3) is 0.400. The van der Waals surface area contributed by atoms with Crippen molar-refractivity contribution in [1.82, 2.24) is 0 Å². The van der Waals surface area contributed by atoms with E-state index in [1.807, 2.05) is 0 Å². The van der Waals surface area contributed by atoms with Crippen LogP contribution in [-0.4, -0.2) is 0 Å². The molecule has 0 unspecified atom stereocenters. The van der Waals surface area contributed by atoms with E-state index in [-0.39, 0.29) is 0 Å². The van der Waals surface area contributed by atoms with Crippen LogP contribution in [0.4, 0.5) is 0 Å². The third-order valence-electron chi connectivity index (χ3n) is 5.24. The Labute approximate surface area is 121 Å². The summed E-state index contributed by atoms with van der Waals surface area (Å²) in [4.78, 5) is 0. The molecule has 0 saturated heterocycles. The molecule has 2 fully saturated rings. The van der Waals surface area contributed by atoms with Crippen LogP contribution in [0, 0.1) is 6.07 Å². The first-order valence-electron chi connectivity index (χ1n) is 8.03. The maximum absolute atomic E-state index is 3.30. The van der Waals surface area contributed by atoms with Gasteiger partial charge in [-0.05, 0) is 65.8 Å². The Balaban J connectivity index is 1.81. The second-order valence-corrected chi connectivity index (χ2v) is 6.36. The molecule has 0 amide bonds. The molecule has 0 nitrogen and oxygen atoms in total. The van der Waals surface area contributed by atoms with Gasteiger partial charge in [-0.1, -0.05) is 55.3 Å². The summed E-state index contributed by atoms with van der Waals surface area (Å²) in [7, 11) is 0. The second-order valence-electron chi connectivity index (χ2n) is 6.36. The van der Waals surface area contributed by atoms with Crippen LogP contribution in [-0.2, 0) is 0 Å². The van der Waals surface area contributed by atoms with Crippen molar-refractivity contribution in [2.24, 2.45) is 0 Å². The topological polar surface area (TPSA) is 0 Å². The van der Waals surface area contributed by atoms with E-state index >= 15 is 0 Å². The van der Waals surface area contributed by atoms with Crippen LogP contribution in [0.5, 0.6) is 0 Å². The van der Waals surface area contributed by atoms with Crippen molar-refractivity contribution in [1.29, 1.82) is 0 Å². The molecule has 2 aliphatic rings. The van der Waals surface area contributed by atoms with E-state index in [1.54, 1.807) is 5.56 Å². The molecule has 20 heavy (non-hydrogen) atoms. The molecular formula is C20H21. The van der Waals surface area contributed by atoms with Gasteiger partial charge in [0.25, 0.3) is 0 Å². The lowest BCUT2D eigenvalue weighted by molar-refractivity contribution is 0.417. The van der Waals surface area contributed by atoms with Gasteiger partial charge < -0.3 is 0 Å². The number of rotatable bonds is 3. The van der Waals surface area contributed by atoms with Crippen LogP contribution in [0.1, 0.15) is 61.5 Å². The van der Waals surface area contributed by atoms with Gasteiger partial charge in [0.05, 0.1) is 0 Å². The minimum atomic E-state index is 0.775. The van der Waals surface area contributed by atoms with E-state index in [1.165, 1.54) is 55.2 Å². The van der Waals surface area contributed by atoms with Gasteiger partial charge in [0.2, 0.25) is 0 Å². The van der Waals surface area contributed by atoms with Gasteiger partial charge >= 0.3 is 0 Å². The maximum atomic E-state index is 3.30. The summed E-state index contributed by atoms with van der Waals surface area (Å²) in [6.45, 7) is 0. The van der Waals surface area contributed by atoms with E-state index in [2.05, 4.69) is 48.5 Å². The maximum Gasteiger partial charge on any atom is -0.0146 e. The lowest BCUT2D eigenvalue weighted by Crippen LogP contribution is -2.12. The van der Waals surface area contributed by atoms with Crippen molar-refractivity contribution in [3.05, 3.63) is 59.7 Å². The minimum absolute atomic E-state index is 0.775. The Bertz CT molecular complexity index is 547. The molecule has 0 heteroatoms. The van der Waals surface area contributed by atoms with Crippen LogP contribution in [0.3, 0.4) is 0 Å². The Morgan fingerprint density at radius 2 is 1.40 bits per heavy atom. The van der Waals surface area contributed by atoms with Gasteiger partial charge in [-0.15, -0.1) is 0 Å². The van der Waals surface area contributed by atoms with Crippen LogP contribution in [0.25, 0.3) is 11.1 Å².